The predicted octanol–water partition coefficient (Wildman–Crippen LogP) is 0.679. The Labute approximate surface area is 75.1 Å². The molecule has 0 heterocycles. The lowest BCUT2D eigenvalue weighted by Gasteiger charge is -2.16. The molecule has 1 saturated carbocycles. The zero-order valence-electron chi connectivity index (χ0n) is 7.79. The molecule has 12 heavy (non-hydrogen) atoms. The number of nitrogens with zero attached hydrogens (tertiary/aromatic N) is 1. The molecule has 0 saturated heterocycles. The molecule has 0 bridgehead atoms. The molecule has 0 aromatic heterocycles. The van der Waals surface area contributed by atoms with E-state index < -0.39 is 0 Å². The van der Waals surface area contributed by atoms with E-state index >= 15 is 0 Å². The minimum absolute atomic E-state index is 0.408. The van der Waals surface area contributed by atoms with Gasteiger partial charge in [-0.15, -0.1) is 6.42 Å². The molecule has 0 aliphatic heterocycles. The van der Waals surface area contributed by atoms with Crippen LogP contribution in [0.1, 0.15) is 19.3 Å². The van der Waals surface area contributed by atoms with Gasteiger partial charge in [0, 0.05) is 12.6 Å². The Morgan fingerprint density at radius 3 is 2.83 bits per heavy atom. The van der Waals surface area contributed by atoms with E-state index in [1.807, 2.05) is 7.05 Å². The zero-order valence-corrected chi connectivity index (χ0v) is 7.79. The molecule has 2 nitrogen and oxygen atoms in total. The Morgan fingerprint density at radius 1 is 1.67 bits per heavy atom. The monoisotopic (exact) mass is 166 g/mol. The minimum Gasteiger partial charge on any atom is -0.327 e. The number of nitrogens with two attached hydrogens (primary N) is 1. The normalized spacial score (nSPS) is 19.2. The minimum atomic E-state index is 0.408. The predicted molar refractivity (Wildman–Crippen MR) is 51.6 cm³/mol. The second-order valence-electron chi connectivity index (χ2n) is 3.73. The van der Waals surface area contributed by atoms with Gasteiger partial charge in [0.2, 0.25) is 0 Å². The number of hydrogen-bond donors (Lipinski definition) is 1. The van der Waals surface area contributed by atoms with Gasteiger partial charge in [0.05, 0.1) is 6.54 Å². The lowest BCUT2D eigenvalue weighted by molar-refractivity contribution is 0.345. The average Bonchev–Trinajstić information content (AvgIpc) is 2.83. The molecule has 1 rings (SSSR count). The largest absolute Gasteiger partial charge is 0.327 e. The molecule has 2 heteroatoms. The molecule has 1 aliphatic carbocycles. The molecule has 0 aromatic rings. The Morgan fingerprint density at radius 2 is 2.33 bits per heavy atom. The summed E-state index contributed by atoms with van der Waals surface area (Å²) in [6.07, 6.45) is 8.94. The molecular weight excluding hydrogens is 148 g/mol. The zero-order chi connectivity index (χ0) is 8.97. The summed E-state index contributed by atoms with van der Waals surface area (Å²) in [6.45, 7) is 1.76. The first-order valence-corrected chi connectivity index (χ1v) is 4.61. The summed E-state index contributed by atoms with van der Waals surface area (Å²) in [4.78, 5) is 2.14. The van der Waals surface area contributed by atoms with Crippen LogP contribution in [0, 0.1) is 18.3 Å². The summed E-state index contributed by atoms with van der Waals surface area (Å²) in [5, 5.41) is 0. The Kier molecular flexibility index (Phi) is 3.58. The Bertz CT molecular complexity index is 167. The van der Waals surface area contributed by atoms with Crippen molar-refractivity contribution in [3.05, 3.63) is 0 Å². The van der Waals surface area contributed by atoms with Crippen LogP contribution in [0.25, 0.3) is 0 Å². The van der Waals surface area contributed by atoms with E-state index in [1.165, 1.54) is 12.8 Å². The lowest BCUT2D eigenvalue weighted by Crippen LogP contribution is -2.29. The molecule has 0 spiro atoms. The summed E-state index contributed by atoms with van der Waals surface area (Å²) < 4.78 is 0. The number of hydrogen-bond acceptors (Lipinski definition) is 2. The van der Waals surface area contributed by atoms with Crippen LogP contribution in [0.2, 0.25) is 0 Å². The van der Waals surface area contributed by atoms with Crippen molar-refractivity contribution < 1.29 is 0 Å². The third-order valence-corrected chi connectivity index (χ3v) is 2.43. The van der Waals surface area contributed by atoms with Gasteiger partial charge in [0.15, 0.2) is 0 Å². The summed E-state index contributed by atoms with van der Waals surface area (Å²) in [5.41, 5.74) is 5.95. The Hall–Kier alpha value is -0.520. The van der Waals surface area contributed by atoms with E-state index in [0.29, 0.717) is 6.04 Å². The maximum Gasteiger partial charge on any atom is 0.0596 e. The lowest BCUT2D eigenvalue weighted by atomic mass is 10.1. The second kappa shape index (κ2) is 4.49. The van der Waals surface area contributed by atoms with Gasteiger partial charge in [-0.1, -0.05) is 5.92 Å². The van der Waals surface area contributed by atoms with E-state index in [2.05, 4.69) is 10.8 Å². The highest BCUT2D eigenvalue weighted by Crippen LogP contribution is 2.32. The highest BCUT2D eigenvalue weighted by atomic mass is 15.1. The third kappa shape index (κ3) is 3.25. The molecular formula is C10H18N2. The third-order valence-electron chi connectivity index (χ3n) is 2.43. The van der Waals surface area contributed by atoms with Crippen molar-refractivity contribution in [1.82, 2.24) is 4.90 Å². The highest BCUT2D eigenvalue weighted by molar-refractivity contribution is 4.88. The first-order chi connectivity index (χ1) is 5.74. The maximum atomic E-state index is 5.95. The van der Waals surface area contributed by atoms with Gasteiger partial charge >= 0.3 is 0 Å². The van der Waals surface area contributed by atoms with Gasteiger partial charge in [-0.25, -0.2) is 0 Å². The Balaban J connectivity index is 2.03. The van der Waals surface area contributed by atoms with E-state index in [9.17, 15) is 0 Å². The van der Waals surface area contributed by atoms with Gasteiger partial charge in [-0.2, -0.15) is 0 Å². The van der Waals surface area contributed by atoms with Crippen LogP contribution in [-0.2, 0) is 0 Å². The van der Waals surface area contributed by atoms with Crippen molar-refractivity contribution in [3.63, 3.8) is 0 Å². The van der Waals surface area contributed by atoms with Crippen molar-refractivity contribution in [2.75, 3.05) is 20.1 Å². The van der Waals surface area contributed by atoms with E-state index in [-0.39, 0.29) is 0 Å². The van der Waals surface area contributed by atoms with Gasteiger partial charge in [0.1, 0.15) is 0 Å². The van der Waals surface area contributed by atoms with Crippen molar-refractivity contribution in [3.8, 4) is 12.3 Å². The molecule has 0 aromatic carbocycles. The fourth-order valence-electron chi connectivity index (χ4n) is 1.36. The molecule has 0 radical (unpaired) electrons. The van der Waals surface area contributed by atoms with Crippen LogP contribution in [0.15, 0.2) is 0 Å². The van der Waals surface area contributed by atoms with Crippen molar-refractivity contribution in [2.24, 2.45) is 11.7 Å². The van der Waals surface area contributed by atoms with Crippen LogP contribution in [0.3, 0.4) is 0 Å². The molecule has 1 fully saturated rings. The van der Waals surface area contributed by atoms with Gasteiger partial charge in [0.25, 0.3) is 0 Å². The first kappa shape index (κ1) is 9.57. The quantitative estimate of drug-likeness (QED) is 0.609. The van der Waals surface area contributed by atoms with Crippen molar-refractivity contribution >= 4 is 0 Å². The topological polar surface area (TPSA) is 29.3 Å². The summed E-state index contributed by atoms with van der Waals surface area (Å²) >= 11 is 0. The van der Waals surface area contributed by atoms with E-state index in [4.69, 9.17) is 12.2 Å². The summed E-state index contributed by atoms with van der Waals surface area (Å²) in [5.74, 6) is 3.43. The smallest absolute Gasteiger partial charge is 0.0596 e. The van der Waals surface area contributed by atoms with Gasteiger partial charge in [-0.3, -0.25) is 4.90 Å². The van der Waals surface area contributed by atoms with Crippen molar-refractivity contribution in [1.29, 1.82) is 0 Å². The van der Waals surface area contributed by atoms with E-state index in [0.717, 1.165) is 25.4 Å². The van der Waals surface area contributed by atoms with Crippen molar-refractivity contribution in [2.45, 2.75) is 25.3 Å². The molecule has 1 aliphatic rings. The van der Waals surface area contributed by atoms with Crippen LogP contribution in [-0.4, -0.2) is 31.1 Å². The number of rotatable bonds is 5. The molecule has 2 N–H and O–H groups in total. The maximum absolute atomic E-state index is 5.95. The molecule has 1 unspecified atom stereocenters. The highest BCUT2D eigenvalue weighted by Gasteiger charge is 2.27. The average molecular weight is 166 g/mol. The summed E-state index contributed by atoms with van der Waals surface area (Å²) in [6, 6.07) is 0.408. The van der Waals surface area contributed by atoms with Crippen LogP contribution >= 0.6 is 0 Å². The van der Waals surface area contributed by atoms with E-state index in [1.54, 1.807) is 0 Å². The first-order valence-electron chi connectivity index (χ1n) is 4.61. The fourth-order valence-corrected chi connectivity index (χ4v) is 1.36. The van der Waals surface area contributed by atoms with Crippen LogP contribution in [0.5, 0.6) is 0 Å². The standard InChI is InChI=1S/C10H18N2/c1-3-7-12(2)8-6-10(11)9-4-5-9/h1,9-10H,4-8,11H2,2H3. The van der Waals surface area contributed by atoms with Gasteiger partial charge in [-0.05, 0) is 32.2 Å². The van der Waals surface area contributed by atoms with Gasteiger partial charge < -0.3 is 5.73 Å². The number of terminal acetylenes is 1. The SMILES string of the molecule is C#CCN(C)CCC(N)C1CC1. The summed E-state index contributed by atoms with van der Waals surface area (Å²) in [7, 11) is 2.04. The molecule has 1 atom stereocenters. The molecule has 0 amide bonds. The second-order valence-corrected chi connectivity index (χ2v) is 3.73. The van der Waals surface area contributed by atoms with Crippen LogP contribution in [0.4, 0.5) is 0 Å². The molecule has 68 valence electrons. The fraction of sp³-hybridized carbons (Fsp3) is 0.800. The van der Waals surface area contributed by atoms with Crippen LogP contribution < -0.4 is 5.73 Å².